The van der Waals surface area contributed by atoms with Crippen LogP contribution in [-0.2, 0) is 14.9 Å². The number of rotatable bonds is 8. The Morgan fingerprint density at radius 3 is 2.61 bits per heavy atom. The summed E-state index contributed by atoms with van der Waals surface area (Å²) in [6.07, 6.45) is 4.57. The van der Waals surface area contributed by atoms with E-state index in [0.717, 1.165) is 18.6 Å². The number of ether oxygens (including phenoxy) is 2. The highest BCUT2D eigenvalue weighted by Crippen LogP contribution is 2.44. The van der Waals surface area contributed by atoms with E-state index in [1.165, 1.54) is 18.4 Å². The van der Waals surface area contributed by atoms with Crippen LogP contribution in [0.25, 0.3) is 0 Å². The highest BCUT2D eigenvalue weighted by molar-refractivity contribution is 5.76. The Hall–Kier alpha value is -1.59. The van der Waals surface area contributed by atoms with Crippen molar-refractivity contribution in [3.8, 4) is 5.75 Å². The molecule has 23 heavy (non-hydrogen) atoms. The maximum absolute atomic E-state index is 12.2. The van der Waals surface area contributed by atoms with Crippen LogP contribution in [0.5, 0.6) is 5.75 Å². The van der Waals surface area contributed by atoms with Gasteiger partial charge in [-0.1, -0.05) is 31.0 Å². The lowest BCUT2D eigenvalue weighted by molar-refractivity contribution is -0.123. The molecule has 0 aromatic heterocycles. The van der Waals surface area contributed by atoms with Crippen LogP contribution in [0.15, 0.2) is 24.3 Å². The molecular weight excluding hydrogens is 292 g/mol. The van der Waals surface area contributed by atoms with E-state index in [4.69, 9.17) is 15.2 Å². The second-order valence-electron chi connectivity index (χ2n) is 6.26. The minimum atomic E-state index is -0.221. The van der Waals surface area contributed by atoms with Crippen LogP contribution in [0, 0.1) is 0 Å². The van der Waals surface area contributed by atoms with Crippen molar-refractivity contribution in [1.29, 1.82) is 0 Å². The van der Waals surface area contributed by atoms with Gasteiger partial charge in [0.2, 0.25) is 5.91 Å². The van der Waals surface area contributed by atoms with Gasteiger partial charge in [-0.05, 0) is 18.9 Å². The van der Waals surface area contributed by atoms with Gasteiger partial charge in [-0.25, -0.2) is 0 Å². The number of nitrogens with two attached hydrogens (primary N) is 1. The van der Waals surface area contributed by atoms with E-state index in [1.54, 1.807) is 14.2 Å². The van der Waals surface area contributed by atoms with Gasteiger partial charge in [-0.3, -0.25) is 4.79 Å². The molecule has 1 atom stereocenters. The molecule has 5 heteroatoms. The summed E-state index contributed by atoms with van der Waals surface area (Å²) in [5, 5.41) is 3.08. The molecule has 1 unspecified atom stereocenters. The lowest BCUT2D eigenvalue weighted by atomic mass is 9.78. The fraction of sp³-hybridized carbons (Fsp3) is 0.611. The Morgan fingerprint density at radius 1 is 1.30 bits per heavy atom. The van der Waals surface area contributed by atoms with Gasteiger partial charge in [0, 0.05) is 31.2 Å². The SMILES string of the molecule is COc1ccccc1C1(CNC(=O)CC(CN)OC)CCCC1. The molecule has 0 bridgehead atoms. The Kier molecular flexibility index (Phi) is 6.42. The number of hydrogen-bond acceptors (Lipinski definition) is 4. The predicted octanol–water partition coefficient (Wildman–Crippen LogP) is 1.99. The Bertz CT molecular complexity index is 509. The van der Waals surface area contributed by atoms with E-state index >= 15 is 0 Å². The standard InChI is InChI=1S/C18H28N2O3/c1-22-14(12-19)11-17(21)20-13-18(9-5-6-10-18)15-7-3-4-8-16(15)23-2/h3-4,7-8,14H,5-6,9-13,19H2,1-2H3,(H,20,21). The highest BCUT2D eigenvalue weighted by Gasteiger charge is 2.38. The topological polar surface area (TPSA) is 73.6 Å². The van der Waals surface area contributed by atoms with Crippen molar-refractivity contribution >= 4 is 5.91 Å². The Balaban J connectivity index is 2.08. The molecule has 2 rings (SSSR count). The number of amides is 1. The molecule has 128 valence electrons. The van der Waals surface area contributed by atoms with Crippen LogP contribution >= 0.6 is 0 Å². The molecule has 3 N–H and O–H groups in total. The van der Waals surface area contributed by atoms with Crippen molar-refractivity contribution < 1.29 is 14.3 Å². The Morgan fingerprint density at radius 2 is 2.00 bits per heavy atom. The summed E-state index contributed by atoms with van der Waals surface area (Å²) in [6, 6.07) is 8.13. The number of carbonyl (C=O) groups is 1. The molecule has 1 aromatic rings. The van der Waals surface area contributed by atoms with Gasteiger partial charge in [0.1, 0.15) is 5.75 Å². The summed E-state index contributed by atoms with van der Waals surface area (Å²) in [5.41, 5.74) is 6.75. The normalized spacial score (nSPS) is 17.7. The lowest BCUT2D eigenvalue weighted by Gasteiger charge is -2.31. The molecule has 0 spiro atoms. The van der Waals surface area contributed by atoms with Crippen molar-refractivity contribution in [2.75, 3.05) is 27.3 Å². The van der Waals surface area contributed by atoms with E-state index in [1.807, 2.05) is 18.2 Å². The first-order valence-corrected chi connectivity index (χ1v) is 8.28. The number of benzene rings is 1. The summed E-state index contributed by atoms with van der Waals surface area (Å²) in [4.78, 5) is 12.2. The van der Waals surface area contributed by atoms with Crippen LogP contribution in [-0.4, -0.2) is 39.3 Å². The van der Waals surface area contributed by atoms with Crippen LogP contribution in [0.1, 0.15) is 37.7 Å². The van der Waals surface area contributed by atoms with Crippen LogP contribution in [0.3, 0.4) is 0 Å². The van der Waals surface area contributed by atoms with Gasteiger partial charge in [-0.15, -0.1) is 0 Å². The highest BCUT2D eigenvalue weighted by atomic mass is 16.5. The third-order valence-corrected chi connectivity index (χ3v) is 4.87. The molecule has 5 nitrogen and oxygen atoms in total. The molecular formula is C18H28N2O3. The van der Waals surface area contributed by atoms with E-state index < -0.39 is 0 Å². The van der Waals surface area contributed by atoms with Gasteiger partial charge in [0.05, 0.1) is 19.6 Å². The van der Waals surface area contributed by atoms with Gasteiger partial charge >= 0.3 is 0 Å². The minimum absolute atomic E-state index is 0.0107. The van der Waals surface area contributed by atoms with Gasteiger partial charge < -0.3 is 20.5 Å². The maximum Gasteiger partial charge on any atom is 0.222 e. The molecule has 0 aliphatic heterocycles. The van der Waals surface area contributed by atoms with Crippen molar-refractivity contribution in [3.63, 3.8) is 0 Å². The molecule has 0 radical (unpaired) electrons. The number of nitrogens with one attached hydrogen (secondary N) is 1. The van der Waals surface area contributed by atoms with Crippen molar-refractivity contribution in [3.05, 3.63) is 29.8 Å². The fourth-order valence-electron chi connectivity index (χ4n) is 3.49. The molecule has 1 amide bonds. The Labute approximate surface area is 138 Å². The molecule has 1 aliphatic carbocycles. The van der Waals surface area contributed by atoms with Gasteiger partial charge in [0.25, 0.3) is 0 Å². The molecule has 0 saturated heterocycles. The van der Waals surface area contributed by atoms with Crippen molar-refractivity contribution in [2.45, 2.75) is 43.6 Å². The number of carbonyl (C=O) groups excluding carboxylic acids is 1. The van der Waals surface area contributed by atoms with E-state index in [2.05, 4.69) is 11.4 Å². The quantitative estimate of drug-likeness (QED) is 0.768. The summed E-state index contributed by atoms with van der Waals surface area (Å²) in [6.45, 7) is 0.981. The number of methoxy groups -OCH3 is 2. The first-order valence-electron chi connectivity index (χ1n) is 8.28. The summed E-state index contributed by atoms with van der Waals surface area (Å²) in [7, 11) is 3.28. The monoisotopic (exact) mass is 320 g/mol. The van der Waals surface area contributed by atoms with Gasteiger partial charge in [-0.2, -0.15) is 0 Å². The third-order valence-electron chi connectivity index (χ3n) is 4.87. The fourth-order valence-corrected chi connectivity index (χ4v) is 3.49. The van der Waals surface area contributed by atoms with E-state index in [0.29, 0.717) is 19.5 Å². The minimum Gasteiger partial charge on any atom is -0.496 e. The van der Waals surface area contributed by atoms with Crippen LogP contribution in [0.4, 0.5) is 0 Å². The zero-order valence-corrected chi connectivity index (χ0v) is 14.1. The van der Waals surface area contributed by atoms with Crippen LogP contribution < -0.4 is 15.8 Å². The lowest BCUT2D eigenvalue weighted by Crippen LogP contribution is -2.41. The molecule has 1 saturated carbocycles. The maximum atomic E-state index is 12.2. The predicted molar refractivity (Wildman–Crippen MR) is 90.6 cm³/mol. The zero-order valence-electron chi connectivity index (χ0n) is 14.1. The van der Waals surface area contributed by atoms with Gasteiger partial charge in [0.15, 0.2) is 0 Å². The molecule has 1 fully saturated rings. The largest absolute Gasteiger partial charge is 0.496 e. The average Bonchev–Trinajstić information content (AvgIpc) is 3.08. The first-order chi connectivity index (χ1) is 11.1. The first kappa shape index (κ1) is 17.8. The average molecular weight is 320 g/mol. The second kappa shape index (κ2) is 8.31. The third kappa shape index (κ3) is 4.24. The summed E-state index contributed by atoms with van der Waals surface area (Å²) >= 11 is 0. The molecule has 1 aromatic carbocycles. The number of hydrogen-bond donors (Lipinski definition) is 2. The molecule has 0 heterocycles. The van der Waals surface area contributed by atoms with Crippen LogP contribution in [0.2, 0.25) is 0 Å². The smallest absolute Gasteiger partial charge is 0.222 e. The van der Waals surface area contributed by atoms with Crippen molar-refractivity contribution in [2.24, 2.45) is 5.73 Å². The number of para-hydroxylation sites is 1. The zero-order chi connectivity index (χ0) is 16.7. The van der Waals surface area contributed by atoms with E-state index in [9.17, 15) is 4.79 Å². The summed E-state index contributed by atoms with van der Waals surface area (Å²) < 4.78 is 10.7. The second-order valence-corrected chi connectivity index (χ2v) is 6.26. The molecule has 1 aliphatic rings. The summed E-state index contributed by atoms with van der Waals surface area (Å²) in [5.74, 6) is 0.892. The van der Waals surface area contributed by atoms with E-state index in [-0.39, 0.29) is 17.4 Å². The van der Waals surface area contributed by atoms with Crippen molar-refractivity contribution in [1.82, 2.24) is 5.32 Å².